The second-order valence-electron chi connectivity index (χ2n) is 4.62. The van der Waals surface area contributed by atoms with E-state index in [1.165, 1.54) is 12.1 Å². The Kier molecular flexibility index (Phi) is 8.21. The molecule has 0 fully saturated rings. The summed E-state index contributed by atoms with van der Waals surface area (Å²) in [5.41, 5.74) is 0. The number of nitrogens with one attached hydrogen (secondary N) is 2. The standard InChI is InChI=1S/C14H19BrN2O5S/c1-2-7-16-13(18)10-22-14(19)6-8-17-23(20,21)12-5-3-4-11(15)9-12/h3-5,9,17H,2,6-8,10H2,1H3,(H,16,18). The van der Waals surface area contributed by atoms with Crippen LogP contribution in [0.5, 0.6) is 0 Å². The van der Waals surface area contributed by atoms with Gasteiger partial charge in [0.1, 0.15) is 0 Å². The fourth-order valence-electron chi connectivity index (χ4n) is 1.54. The summed E-state index contributed by atoms with van der Waals surface area (Å²) in [5, 5.41) is 2.56. The lowest BCUT2D eigenvalue weighted by Crippen LogP contribution is -2.30. The maximum Gasteiger partial charge on any atom is 0.307 e. The van der Waals surface area contributed by atoms with Crippen LogP contribution < -0.4 is 10.0 Å². The molecule has 1 amide bonds. The number of amides is 1. The van der Waals surface area contributed by atoms with Crippen molar-refractivity contribution in [1.29, 1.82) is 0 Å². The van der Waals surface area contributed by atoms with Gasteiger partial charge in [0, 0.05) is 17.6 Å². The number of sulfonamides is 1. The van der Waals surface area contributed by atoms with Crippen LogP contribution in [0.15, 0.2) is 33.6 Å². The number of carbonyl (C=O) groups excluding carboxylic acids is 2. The molecule has 2 N–H and O–H groups in total. The van der Waals surface area contributed by atoms with Gasteiger partial charge in [-0.1, -0.05) is 28.9 Å². The van der Waals surface area contributed by atoms with Gasteiger partial charge in [0.05, 0.1) is 11.3 Å². The van der Waals surface area contributed by atoms with Crippen LogP contribution in [0.4, 0.5) is 0 Å². The third-order valence-corrected chi connectivity index (χ3v) is 4.62. The van der Waals surface area contributed by atoms with Gasteiger partial charge in [0.25, 0.3) is 5.91 Å². The molecule has 23 heavy (non-hydrogen) atoms. The minimum atomic E-state index is -3.69. The Labute approximate surface area is 144 Å². The number of hydrogen-bond donors (Lipinski definition) is 2. The first-order valence-electron chi connectivity index (χ1n) is 7.02. The van der Waals surface area contributed by atoms with E-state index in [0.29, 0.717) is 11.0 Å². The van der Waals surface area contributed by atoms with Gasteiger partial charge in [0.2, 0.25) is 10.0 Å². The highest BCUT2D eigenvalue weighted by atomic mass is 79.9. The van der Waals surface area contributed by atoms with E-state index in [0.717, 1.165) is 6.42 Å². The van der Waals surface area contributed by atoms with Gasteiger partial charge in [-0.25, -0.2) is 13.1 Å². The number of esters is 1. The number of carbonyl (C=O) groups is 2. The van der Waals surface area contributed by atoms with Gasteiger partial charge in [-0.2, -0.15) is 0 Å². The van der Waals surface area contributed by atoms with E-state index < -0.39 is 16.0 Å². The van der Waals surface area contributed by atoms with Crippen LogP contribution in [0.1, 0.15) is 19.8 Å². The number of ether oxygens (including phenoxy) is 1. The van der Waals surface area contributed by atoms with E-state index in [9.17, 15) is 18.0 Å². The maximum absolute atomic E-state index is 12.0. The van der Waals surface area contributed by atoms with Crippen LogP contribution >= 0.6 is 15.9 Å². The Morgan fingerprint density at radius 1 is 1.26 bits per heavy atom. The molecule has 0 saturated carbocycles. The molecule has 128 valence electrons. The fourth-order valence-corrected chi connectivity index (χ4v) is 3.17. The summed E-state index contributed by atoms with van der Waals surface area (Å²) in [6.45, 7) is 1.95. The van der Waals surface area contributed by atoms with Crippen molar-refractivity contribution in [3.63, 3.8) is 0 Å². The van der Waals surface area contributed by atoms with Crippen molar-refractivity contribution in [3.8, 4) is 0 Å². The zero-order chi connectivity index (χ0) is 17.3. The monoisotopic (exact) mass is 406 g/mol. The van der Waals surface area contributed by atoms with Crippen molar-refractivity contribution in [1.82, 2.24) is 10.0 Å². The molecule has 0 atom stereocenters. The third-order valence-electron chi connectivity index (χ3n) is 2.66. The third kappa shape index (κ3) is 7.58. The van der Waals surface area contributed by atoms with E-state index in [1.54, 1.807) is 12.1 Å². The second-order valence-corrected chi connectivity index (χ2v) is 7.30. The van der Waals surface area contributed by atoms with Crippen LogP contribution in [0.2, 0.25) is 0 Å². The summed E-state index contributed by atoms with van der Waals surface area (Å²) in [7, 11) is -3.69. The Morgan fingerprint density at radius 3 is 2.65 bits per heavy atom. The highest BCUT2D eigenvalue weighted by Gasteiger charge is 2.15. The maximum atomic E-state index is 12.0. The van der Waals surface area contributed by atoms with Crippen LogP contribution in [-0.2, 0) is 24.3 Å². The van der Waals surface area contributed by atoms with Gasteiger partial charge in [0.15, 0.2) is 6.61 Å². The summed E-state index contributed by atoms with van der Waals surface area (Å²) in [5.74, 6) is -1.02. The molecule has 0 radical (unpaired) electrons. The molecule has 0 aliphatic rings. The molecule has 0 aliphatic heterocycles. The number of halogens is 1. The summed E-state index contributed by atoms with van der Waals surface area (Å²) in [6, 6.07) is 6.21. The van der Waals surface area contributed by atoms with E-state index in [2.05, 4.69) is 26.0 Å². The summed E-state index contributed by atoms with van der Waals surface area (Å²) in [4.78, 5) is 22.8. The van der Waals surface area contributed by atoms with E-state index >= 15 is 0 Å². The van der Waals surface area contributed by atoms with Gasteiger partial charge in [-0.3, -0.25) is 9.59 Å². The number of rotatable bonds is 9. The molecule has 7 nitrogen and oxygen atoms in total. The van der Waals surface area contributed by atoms with Crippen LogP contribution in [0.3, 0.4) is 0 Å². The molecule has 1 aromatic carbocycles. The molecule has 0 heterocycles. The van der Waals surface area contributed by atoms with E-state index in [1.807, 2.05) is 6.92 Å². The van der Waals surface area contributed by atoms with Crippen molar-refractivity contribution in [2.45, 2.75) is 24.7 Å². The Morgan fingerprint density at radius 2 is 2.00 bits per heavy atom. The first kappa shape index (κ1) is 19.6. The van der Waals surface area contributed by atoms with Crippen molar-refractivity contribution in [2.75, 3.05) is 19.7 Å². The molecule has 0 spiro atoms. The van der Waals surface area contributed by atoms with Gasteiger partial charge in [-0.05, 0) is 24.6 Å². The molecular formula is C14H19BrN2O5S. The molecular weight excluding hydrogens is 388 g/mol. The van der Waals surface area contributed by atoms with E-state index in [-0.39, 0.29) is 30.4 Å². The van der Waals surface area contributed by atoms with Gasteiger partial charge >= 0.3 is 5.97 Å². The van der Waals surface area contributed by atoms with Gasteiger partial charge < -0.3 is 10.1 Å². The quantitative estimate of drug-likeness (QED) is 0.599. The SMILES string of the molecule is CCCNC(=O)COC(=O)CCNS(=O)(=O)c1cccc(Br)c1. The lowest BCUT2D eigenvalue weighted by molar-refractivity contribution is -0.148. The average molecular weight is 407 g/mol. The van der Waals surface area contributed by atoms with E-state index in [4.69, 9.17) is 4.74 Å². The van der Waals surface area contributed by atoms with Crippen LogP contribution in [0, 0.1) is 0 Å². The van der Waals surface area contributed by atoms with Crippen molar-refractivity contribution < 1.29 is 22.7 Å². The molecule has 9 heteroatoms. The molecule has 1 rings (SSSR count). The molecule has 0 aromatic heterocycles. The Balaban J connectivity index is 2.35. The number of hydrogen-bond acceptors (Lipinski definition) is 5. The molecule has 0 saturated heterocycles. The smallest absolute Gasteiger partial charge is 0.307 e. The predicted octanol–water partition coefficient (Wildman–Crippen LogP) is 1.19. The second kappa shape index (κ2) is 9.64. The van der Waals surface area contributed by atoms with Crippen molar-refractivity contribution in [2.24, 2.45) is 0 Å². The van der Waals surface area contributed by atoms with Crippen LogP contribution in [0.25, 0.3) is 0 Å². The zero-order valence-electron chi connectivity index (χ0n) is 12.7. The predicted molar refractivity (Wildman–Crippen MR) is 88.2 cm³/mol. The van der Waals surface area contributed by atoms with Crippen molar-refractivity contribution in [3.05, 3.63) is 28.7 Å². The topological polar surface area (TPSA) is 102 Å². The van der Waals surface area contributed by atoms with Crippen LogP contribution in [-0.4, -0.2) is 40.0 Å². The average Bonchev–Trinajstić information content (AvgIpc) is 2.50. The minimum absolute atomic E-state index is 0.0965. The molecule has 1 aromatic rings. The lowest BCUT2D eigenvalue weighted by atomic mass is 10.4. The highest BCUT2D eigenvalue weighted by molar-refractivity contribution is 9.10. The normalized spacial score (nSPS) is 11.0. The summed E-state index contributed by atoms with van der Waals surface area (Å²) in [6.07, 6.45) is 0.630. The first-order chi connectivity index (χ1) is 10.8. The summed E-state index contributed by atoms with van der Waals surface area (Å²) < 4.78 is 31.7. The Hall–Kier alpha value is -1.45. The largest absolute Gasteiger partial charge is 0.456 e. The minimum Gasteiger partial charge on any atom is -0.456 e. The lowest BCUT2D eigenvalue weighted by Gasteiger charge is -2.08. The molecule has 0 unspecified atom stereocenters. The Bertz CT molecular complexity index is 648. The van der Waals surface area contributed by atoms with Crippen molar-refractivity contribution >= 4 is 37.8 Å². The van der Waals surface area contributed by atoms with Gasteiger partial charge in [-0.15, -0.1) is 0 Å². The molecule has 0 bridgehead atoms. The molecule has 0 aliphatic carbocycles. The zero-order valence-corrected chi connectivity index (χ0v) is 15.1. The highest BCUT2D eigenvalue weighted by Crippen LogP contribution is 2.15. The number of benzene rings is 1. The first-order valence-corrected chi connectivity index (χ1v) is 9.30. The fraction of sp³-hybridized carbons (Fsp3) is 0.429. The summed E-state index contributed by atoms with van der Waals surface area (Å²) >= 11 is 3.19.